The SMILES string of the molecule is CCc1cc(C(=O)O)ccc1N(Cc1cc(C2CC2)cc(C2CC2)c1)C(=O)CN(Cc1ccc(F)cc1Cl)S(=O)(=O)c1c(F)c(F)c(F)c(F)c1F. The van der Waals surface area contributed by atoms with Gasteiger partial charge in [0.1, 0.15) is 5.82 Å². The Kier molecular flexibility index (Phi) is 10.5. The van der Waals surface area contributed by atoms with E-state index in [9.17, 15) is 40.7 Å². The molecular formula is C37H31ClF6N2O5S. The number of aryl methyl sites for hydroxylation is 1. The van der Waals surface area contributed by atoms with Crippen LogP contribution in [-0.4, -0.2) is 36.3 Å². The standard InChI is InChI=1S/C37H31ClF6N2O5S/c1-2-20-13-23(37(48)49)8-10-29(20)46(16-19-11-25(21-3-4-21)14-26(12-19)22-5-6-22)30(47)18-45(17-24-7-9-27(39)15-28(24)38)52(50,51)36-34(43)32(41)31(40)33(42)35(36)44/h7-15,21-22H,2-6,16-18H2,1H3,(H,48,49). The van der Waals surface area contributed by atoms with Gasteiger partial charge in [-0.15, -0.1) is 0 Å². The van der Waals surface area contributed by atoms with Gasteiger partial charge in [-0.1, -0.05) is 42.8 Å². The van der Waals surface area contributed by atoms with Crippen LogP contribution in [-0.2, 0) is 34.3 Å². The van der Waals surface area contributed by atoms with Crippen LogP contribution in [0.2, 0.25) is 5.02 Å². The van der Waals surface area contributed by atoms with Crippen molar-refractivity contribution >= 4 is 39.2 Å². The normalized spacial score (nSPS) is 14.6. The lowest BCUT2D eigenvalue weighted by molar-refractivity contribution is -0.119. The van der Waals surface area contributed by atoms with E-state index >= 15 is 8.78 Å². The number of amides is 1. The molecule has 0 bridgehead atoms. The molecule has 2 aliphatic carbocycles. The second-order valence-electron chi connectivity index (χ2n) is 12.9. The summed E-state index contributed by atoms with van der Waals surface area (Å²) in [7, 11) is -5.73. The number of carboxylic acid groups (broad SMARTS) is 1. The zero-order chi connectivity index (χ0) is 37.6. The minimum Gasteiger partial charge on any atom is -0.478 e. The second-order valence-corrected chi connectivity index (χ2v) is 15.2. The van der Waals surface area contributed by atoms with E-state index in [1.807, 2.05) is 12.1 Å². The maximum Gasteiger partial charge on any atom is 0.335 e. The van der Waals surface area contributed by atoms with Gasteiger partial charge in [-0.05, 0) is 102 Å². The first-order chi connectivity index (χ1) is 24.6. The molecule has 0 aliphatic heterocycles. The van der Waals surface area contributed by atoms with Crippen molar-refractivity contribution in [2.75, 3.05) is 11.4 Å². The Labute approximate surface area is 300 Å². The Morgan fingerprint density at radius 2 is 1.35 bits per heavy atom. The number of aromatic carboxylic acids is 1. The molecule has 0 aromatic heterocycles. The number of anilines is 1. The van der Waals surface area contributed by atoms with Crippen molar-refractivity contribution in [1.82, 2.24) is 4.31 Å². The summed E-state index contributed by atoms with van der Waals surface area (Å²) in [6.07, 6.45) is 4.19. The maximum absolute atomic E-state index is 15.1. The fourth-order valence-electron chi connectivity index (χ4n) is 6.14. The molecule has 4 aromatic carbocycles. The summed E-state index contributed by atoms with van der Waals surface area (Å²) in [6, 6.07) is 12.8. The van der Waals surface area contributed by atoms with Gasteiger partial charge in [-0.3, -0.25) is 4.79 Å². The van der Waals surface area contributed by atoms with Gasteiger partial charge in [0.2, 0.25) is 21.7 Å². The summed E-state index contributed by atoms with van der Waals surface area (Å²) in [6.45, 7) is -0.589. The van der Waals surface area contributed by atoms with E-state index in [-0.39, 0.29) is 39.1 Å². The van der Waals surface area contributed by atoms with Gasteiger partial charge in [0.25, 0.3) is 0 Å². The number of benzene rings is 4. The predicted octanol–water partition coefficient (Wildman–Crippen LogP) is 8.61. The molecule has 6 rings (SSSR count). The Morgan fingerprint density at radius 1 is 0.769 bits per heavy atom. The molecule has 0 spiro atoms. The molecule has 0 radical (unpaired) electrons. The molecule has 0 unspecified atom stereocenters. The van der Waals surface area contributed by atoms with Crippen LogP contribution in [0.4, 0.5) is 32.0 Å². The first-order valence-electron chi connectivity index (χ1n) is 16.4. The van der Waals surface area contributed by atoms with E-state index in [4.69, 9.17) is 11.6 Å². The Balaban J connectivity index is 1.47. The topological polar surface area (TPSA) is 95.0 Å². The molecule has 1 amide bonds. The third-order valence-electron chi connectivity index (χ3n) is 9.22. The molecule has 0 saturated heterocycles. The summed E-state index contributed by atoms with van der Waals surface area (Å²) < 4.78 is 115. The van der Waals surface area contributed by atoms with Crippen LogP contribution >= 0.6 is 11.6 Å². The van der Waals surface area contributed by atoms with E-state index in [1.165, 1.54) is 23.1 Å². The Morgan fingerprint density at radius 3 is 1.87 bits per heavy atom. The maximum atomic E-state index is 15.1. The number of halogens is 7. The monoisotopic (exact) mass is 764 g/mol. The van der Waals surface area contributed by atoms with Crippen molar-refractivity contribution in [2.24, 2.45) is 0 Å². The molecule has 1 N–H and O–H groups in total. The van der Waals surface area contributed by atoms with Crippen LogP contribution < -0.4 is 4.90 Å². The molecule has 2 fully saturated rings. The van der Waals surface area contributed by atoms with Crippen molar-refractivity contribution < 1.29 is 49.5 Å². The molecule has 0 atom stereocenters. The first kappa shape index (κ1) is 37.4. The number of nitrogens with zero attached hydrogens (tertiary/aromatic N) is 2. The molecule has 0 heterocycles. The van der Waals surface area contributed by atoms with Gasteiger partial charge in [0.05, 0.1) is 18.7 Å². The van der Waals surface area contributed by atoms with Crippen LogP contribution in [0.25, 0.3) is 0 Å². The van der Waals surface area contributed by atoms with Crippen LogP contribution in [0.1, 0.15) is 82.6 Å². The van der Waals surface area contributed by atoms with E-state index in [0.29, 0.717) is 23.0 Å². The van der Waals surface area contributed by atoms with Gasteiger partial charge in [-0.25, -0.2) is 39.6 Å². The fraction of sp³-hybridized carbons (Fsp3) is 0.297. The fourth-order valence-corrected chi connectivity index (χ4v) is 7.85. The third kappa shape index (κ3) is 7.55. The molecule has 15 heteroatoms. The number of sulfonamides is 1. The Bertz CT molecular complexity index is 2150. The van der Waals surface area contributed by atoms with Crippen molar-refractivity contribution in [1.29, 1.82) is 0 Å². The minimum atomic E-state index is -5.73. The highest BCUT2D eigenvalue weighted by atomic mass is 35.5. The smallest absolute Gasteiger partial charge is 0.335 e. The number of carbonyl (C=O) groups is 2. The summed E-state index contributed by atoms with van der Waals surface area (Å²) in [5.74, 6) is -15.3. The lowest BCUT2D eigenvalue weighted by atomic mass is 9.99. The van der Waals surface area contributed by atoms with Gasteiger partial charge < -0.3 is 10.0 Å². The number of hydrogen-bond acceptors (Lipinski definition) is 4. The zero-order valence-corrected chi connectivity index (χ0v) is 29.1. The largest absolute Gasteiger partial charge is 0.478 e. The van der Waals surface area contributed by atoms with Gasteiger partial charge >= 0.3 is 5.97 Å². The molecule has 2 aliphatic rings. The number of carboxylic acids is 1. The van der Waals surface area contributed by atoms with Crippen LogP contribution in [0.3, 0.4) is 0 Å². The second kappa shape index (κ2) is 14.6. The van der Waals surface area contributed by atoms with Crippen LogP contribution in [0, 0.1) is 34.9 Å². The van der Waals surface area contributed by atoms with Gasteiger partial charge in [0.15, 0.2) is 28.2 Å². The van der Waals surface area contributed by atoms with E-state index in [1.54, 1.807) is 6.92 Å². The minimum absolute atomic E-state index is 0.0822. The molecule has 2 saturated carbocycles. The van der Waals surface area contributed by atoms with Crippen molar-refractivity contribution in [3.63, 3.8) is 0 Å². The lowest BCUT2D eigenvalue weighted by Crippen LogP contribution is -2.43. The molecule has 4 aromatic rings. The average molecular weight is 765 g/mol. The average Bonchev–Trinajstić information content (AvgIpc) is 4.03. The highest BCUT2D eigenvalue weighted by Gasteiger charge is 2.39. The number of carbonyl (C=O) groups excluding carboxylic acids is 1. The van der Waals surface area contributed by atoms with E-state index in [0.717, 1.165) is 55.0 Å². The number of hydrogen-bond donors (Lipinski definition) is 1. The summed E-state index contributed by atoms with van der Waals surface area (Å²) in [5.41, 5.74) is 3.19. The zero-order valence-electron chi connectivity index (χ0n) is 27.5. The van der Waals surface area contributed by atoms with Crippen molar-refractivity contribution in [2.45, 2.75) is 68.8 Å². The van der Waals surface area contributed by atoms with Crippen molar-refractivity contribution in [3.8, 4) is 0 Å². The van der Waals surface area contributed by atoms with E-state index in [2.05, 4.69) is 6.07 Å². The Hall–Kier alpha value is -4.40. The van der Waals surface area contributed by atoms with Gasteiger partial charge in [0, 0.05) is 17.3 Å². The predicted molar refractivity (Wildman–Crippen MR) is 180 cm³/mol. The van der Waals surface area contributed by atoms with Crippen molar-refractivity contribution in [3.05, 3.63) is 128 Å². The first-order valence-corrected chi connectivity index (χ1v) is 18.2. The molecule has 52 heavy (non-hydrogen) atoms. The van der Waals surface area contributed by atoms with Crippen LogP contribution in [0.5, 0.6) is 0 Å². The molecular weight excluding hydrogens is 734 g/mol. The van der Waals surface area contributed by atoms with Crippen LogP contribution in [0.15, 0.2) is 59.5 Å². The third-order valence-corrected chi connectivity index (χ3v) is 11.4. The molecule has 7 nitrogen and oxygen atoms in total. The molecule has 274 valence electrons. The number of rotatable bonds is 13. The quantitative estimate of drug-likeness (QED) is 0.0836. The van der Waals surface area contributed by atoms with E-state index < -0.39 is 74.8 Å². The summed E-state index contributed by atoms with van der Waals surface area (Å²) >= 11 is 6.15. The summed E-state index contributed by atoms with van der Waals surface area (Å²) in [4.78, 5) is 25.3. The highest BCUT2D eigenvalue weighted by molar-refractivity contribution is 7.89. The highest BCUT2D eigenvalue weighted by Crippen LogP contribution is 2.45. The summed E-state index contributed by atoms with van der Waals surface area (Å²) in [5, 5.41) is 9.28. The lowest BCUT2D eigenvalue weighted by Gasteiger charge is -2.30. The van der Waals surface area contributed by atoms with Gasteiger partial charge in [-0.2, -0.15) is 4.31 Å².